The summed E-state index contributed by atoms with van der Waals surface area (Å²) < 4.78 is 4.89. The Bertz CT molecular complexity index is 840. The van der Waals surface area contributed by atoms with E-state index >= 15 is 0 Å². The number of thiophene rings is 1. The fraction of sp³-hybridized carbons (Fsp3) is 0.316. The van der Waals surface area contributed by atoms with Crippen LogP contribution >= 0.6 is 11.3 Å². The number of anilines is 1. The number of ether oxygens (including phenoxy) is 1. The van der Waals surface area contributed by atoms with Gasteiger partial charge < -0.3 is 15.2 Å². The summed E-state index contributed by atoms with van der Waals surface area (Å²) >= 11 is 1.25. The highest BCUT2D eigenvalue weighted by Crippen LogP contribution is 2.37. The van der Waals surface area contributed by atoms with Crippen molar-refractivity contribution in [2.75, 3.05) is 12.4 Å². The van der Waals surface area contributed by atoms with Crippen LogP contribution in [-0.2, 0) is 14.3 Å². The van der Waals surface area contributed by atoms with Crippen molar-refractivity contribution in [3.8, 4) is 11.1 Å². The Kier molecular flexibility index (Phi) is 6.52. The molecule has 0 radical (unpaired) electrons. The van der Waals surface area contributed by atoms with Gasteiger partial charge in [-0.25, -0.2) is 4.79 Å². The highest BCUT2D eigenvalue weighted by Gasteiger charge is 2.23. The van der Waals surface area contributed by atoms with Crippen LogP contribution in [0.25, 0.3) is 11.1 Å². The monoisotopic (exact) mass is 375 g/mol. The molecule has 0 aliphatic rings. The van der Waals surface area contributed by atoms with Gasteiger partial charge in [-0.15, -0.1) is 11.3 Å². The van der Waals surface area contributed by atoms with Crippen LogP contribution in [0.2, 0.25) is 0 Å². The SMILES string of the molecule is COC(=O)c1c(-c2ccc(C)cc2C)csc1NC(=O)CCCC(=O)O. The lowest BCUT2D eigenvalue weighted by Gasteiger charge is -2.10. The smallest absolute Gasteiger partial charge is 0.341 e. The van der Waals surface area contributed by atoms with Crippen LogP contribution in [0.4, 0.5) is 5.00 Å². The van der Waals surface area contributed by atoms with Crippen LogP contribution in [-0.4, -0.2) is 30.1 Å². The summed E-state index contributed by atoms with van der Waals surface area (Å²) in [6.45, 7) is 3.96. The first-order valence-electron chi connectivity index (χ1n) is 8.12. The van der Waals surface area contributed by atoms with Crippen molar-refractivity contribution in [1.29, 1.82) is 0 Å². The molecule has 0 bridgehead atoms. The minimum atomic E-state index is -0.943. The van der Waals surface area contributed by atoms with E-state index in [1.807, 2.05) is 37.4 Å². The van der Waals surface area contributed by atoms with Gasteiger partial charge in [0.2, 0.25) is 5.91 Å². The predicted molar refractivity (Wildman–Crippen MR) is 101 cm³/mol. The van der Waals surface area contributed by atoms with Crippen LogP contribution in [0.5, 0.6) is 0 Å². The number of carboxylic acids is 1. The maximum Gasteiger partial charge on any atom is 0.341 e. The number of carbonyl (C=O) groups excluding carboxylic acids is 2. The van der Waals surface area contributed by atoms with Gasteiger partial charge in [0, 0.05) is 23.8 Å². The molecule has 26 heavy (non-hydrogen) atoms. The fourth-order valence-electron chi connectivity index (χ4n) is 2.66. The molecule has 1 amide bonds. The minimum absolute atomic E-state index is 0.0731. The summed E-state index contributed by atoms with van der Waals surface area (Å²) in [4.78, 5) is 34.9. The molecule has 2 aromatic rings. The second-order valence-corrected chi connectivity index (χ2v) is 6.84. The Labute approximate surface area is 155 Å². The van der Waals surface area contributed by atoms with Crippen molar-refractivity contribution in [2.45, 2.75) is 33.1 Å². The van der Waals surface area contributed by atoms with Gasteiger partial charge in [0.1, 0.15) is 10.6 Å². The average molecular weight is 375 g/mol. The van der Waals surface area contributed by atoms with Gasteiger partial charge in [-0.2, -0.15) is 0 Å². The zero-order valence-corrected chi connectivity index (χ0v) is 15.7. The number of aryl methyl sites for hydroxylation is 2. The summed E-state index contributed by atoms with van der Waals surface area (Å²) in [7, 11) is 1.30. The number of aliphatic carboxylic acids is 1. The van der Waals surface area contributed by atoms with Crippen molar-refractivity contribution in [3.05, 3.63) is 40.3 Å². The quantitative estimate of drug-likeness (QED) is 0.713. The molecule has 0 fully saturated rings. The molecular weight excluding hydrogens is 354 g/mol. The van der Waals surface area contributed by atoms with Crippen LogP contribution in [0.1, 0.15) is 40.7 Å². The number of carbonyl (C=O) groups is 3. The summed E-state index contributed by atoms with van der Waals surface area (Å²) in [5, 5.41) is 13.6. The van der Waals surface area contributed by atoms with Crippen molar-refractivity contribution in [1.82, 2.24) is 0 Å². The Morgan fingerprint density at radius 2 is 1.88 bits per heavy atom. The van der Waals surface area contributed by atoms with Gasteiger partial charge in [0.25, 0.3) is 0 Å². The molecule has 0 spiro atoms. The molecule has 138 valence electrons. The molecule has 0 saturated carbocycles. The van der Waals surface area contributed by atoms with Gasteiger partial charge in [0.05, 0.1) is 7.11 Å². The van der Waals surface area contributed by atoms with E-state index in [-0.39, 0.29) is 25.2 Å². The number of benzene rings is 1. The summed E-state index contributed by atoms with van der Waals surface area (Å²) in [5.74, 6) is -1.80. The summed E-state index contributed by atoms with van der Waals surface area (Å²) in [6, 6.07) is 5.93. The van der Waals surface area contributed by atoms with Crippen molar-refractivity contribution >= 4 is 34.2 Å². The summed E-state index contributed by atoms with van der Waals surface area (Å²) in [5.41, 5.74) is 4.06. The van der Waals surface area contributed by atoms with E-state index < -0.39 is 11.9 Å². The van der Waals surface area contributed by atoms with E-state index in [4.69, 9.17) is 9.84 Å². The number of carboxylic acid groups (broad SMARTS) is 1. The highest BCUT2D eigenvalue weighted by atomic mass is 32.1. The highest BCUT2D eigenvalue weighted by molar-refractivity contribution is 7.15. The number of methoxy groups -OCH3 is 1. The fourth-order valence-corrected chi connectivity index (χ4v) is 3.62. The normalized spacial score (nSPS) is 10.4. The molecule has 2 N–H and O–H groups in total. The number of nitrogens with one attached hydrogen (secondary N) is 1. The number of esters is 1. The molecular formula is C19H21NO5S. The Balaban J connectivity index is 2.30. The molecule has 0 aliphatic heterocycles. The number of hydrogen-bond donors (Lipinski definition) is 2. The minimum Gasteiger partial charge on any atom is -0.481 e. The van der Waals surface area contributed by atoms with E-state index in [9.17, 15) is 14.4 Å². The number of hydrogen-bond acceptors (Lipinski definition) is 5. The van der Waals surface area contributed by atoms with Crippen molar-refractivity contribution in [3.63, 3.8) is 0 Å². The van der Waals surface area contributed by atoms with E-state index in [0.29, 0.717) is 16.1 Å². The van der Waals surface area contributed by atoms with Crippen molar-refractivity contribution < 1.29 is 24.2 Å². The topological polar surface area (TPSA) is 92.7 Å². The largest absolute Gasteiger partial charge is 0.481 e. The van der Waals surface area contributed by atoms with Crippen LogP contribution < -0.4 is 5.32 Å². The Morgan fingerprint density at radius 1 is 1.15 bits per heavy atom. The van der Waals surface area contributed by atoms with Gasteiger partial charge in [0.15, 0.2) is 0 Å². The average Bonchev–Trinajstić information content (AvgIpc) is 2.97. The molecule has 2 rings (SSSR count). The molecule has 0 atom stereocenters. The zero-order valence-electron chi connectivity index (χ0n) is 14.9. The first kappa shape index (κ1) is 19.7. The predicted octanol–water partition coefficient (Wildman–Crippen LogP) is 4.01. The third-order valence-electron chi connectivity index (χ3n) is 3.90. The Morgan fingerprint density at radius 3 is 2.50 bits per heavy atom. The van der Waals surface area contributed by atoms with Gasteiger partial charge in [-0.1, -0.05) is 23.8 Å². The van der Waals surface area contributed by atoms with Crippen LogP contribution in [0.3, 0.4) is 0 Å². The third-order valence-corrected chi connectivity index (χ3v) is 4.80. The van der Waals surface area contributed by atoms with E-state index in [1.54, 1.807) is 0 Å². The standard InChI is InChI=1S/C19H21NO5S/c1-11-7-8-13(12(2)9-11)14-10-26-18(17(14)19(24)25-3)20-15(21)5-4-6-16(22)23/h7-10H,4-6H2,1-3H3,(H,20,21)(H,22,23). The maximum absolute atomic E-state index is 12.3. The Hall–Kier alpha value is -2.67. The first-order valence-corrected chi connectivity index (χ1v) is 9.00. The zero-order chi connectivity index (χ0) is 19.3. The second kappa shape index (κ2) is 8.62. The molecule has 1 heterocycles. The summed E-state index contributed by atoms with van der Waals surface area (Å²) in [6.07, 6.45) is 0.239. The number of rotatable bonds is 7. The molecule has 0 unspecified atom stereocenters. The van der Waals surface area contributed by atoms with Crippen molar-refractivity contribution in [2.24, 2.45) is 0 Å². The number of amides is 1. The molecule has 6 nitrogen and oxygen atoms in total. The first-order chi connectivity index (χ1) is 12.3. The van der Waals surface area contributed by atoms with E-state index in [0.717, 1.165) is 16.7 Å². The van der Waals surface area contributed by atoms with E-state index in [1.165, 1.54) is 18.4 Å². The van der Waals surface area contributed by atoms with Gasteiger partial charge in [-0.3, -0.25) is 9.59 Å². The second-order valence-electron chi connectivity index (χ2n) is 5.96. The third kappa shape index (κ3) is 4.70. The molecule has 1 aromatic heterocycles. The maximum atomic E-state index is 12.3. The lowest BCUT2D eigenvalue weighted by atomic mass is 9.97. The molecule has 0 saturated heterocycles. The van der Waals surface area contributed by atoms with Gasteiger partial charge >= 0.3 is 11.9 Å². The molecule has 1 aromatic carbocycles. The van der Waals surface area contributed by atoms with Gasteiger partial charge in [-0.05, 0) is 31.4 Å². The molecule has 7 heteroatoms. The lowest BCUT2D eigenvalue weighted by molar-refractivity contribution is -0.137. The molecule has 0 aliphatic carbocycles. The lowest BCUT2D eigenvalue weighted by Crippen LogP contribution is -2.14. The van der Waals surface area contributed by atoms with Crippen LogP contribution in [0, 0.1) is 13.8 Å². The van der Waals surface area contributed by atoms with Crippen LogP contribution in [0.15, 0.2) is 23.6 Å². The van der Waals surface area contributed by atoms with E-state index in [2.05, 4.69) is 5.32 Å².